The van der Waals surface area contributed by atoms with E-state index in [9.17, 15) is 0 Å². The average molecular weight is 329 g/mol. The van der Waals surface area contributed by atoms with E-state index in [1.54, 1.807) is 0 Å². The van der Waals surface area contributed by atoms with Gasteiger partial charge in [0.15, 0.2) is 16.7 Å². The molecule has 18 heavy (non-hydrogen) atoms. The molecule has 1 aromatic carbocycles. The van der Waals surface area contributed by atoms with E-state index >= 15 is 0 Å². The summed E-state index contributed by atoms with van der Waals surface area (Å²) in [7, 11) is 1.54. The van der Waals surface area contributed by atoms with Crippen molar-refractivity contribution in [2.24, 2.45) is 0 Å². The smallest absolute Gasteiger partial charge is 0.198 e. The number of anilines is 1. The van der Waals surface area contributed by atoms with Crippen molar-refractivity contribution in [1.29, 1.82) is 0 Å². The zero-order valence-corrected chi connectivity index (χ0v) is 12.0. The predicted octanol–water partition coefficient (Wildman–Crippen LogP) is 3.51. The highest BCUT2D eigenvalue weighted by Crippen LogP contribution is 2.29. The fourth-order valence-electron chi connectivity index (χ4n) is 1.48. The SMILES string of the molecule is COc1c(Cl)ncnc1NCc1ccccc1Br. The van der Waals surface area contributed by atoms with Crippen LogP contribution in [0.3, 0.4) is 0 Å². The fraction of sp³-hybridized carbons (Fsp3) is 0.167. The van der Waals surface area contributed by atoms with E-state index in [4.69, 9.17) is 16.3 Å². The molecule has 0 radical (unpaired) electrons. The van der Waals surface area contributed by atoms with Gasteiger partial charge in [-0.1, -0.05) is 45.7 Å². The van der Waals surface area contributed by atoms with Crippen molar-refractivity contribution in [3.8, 4) is 5.75 Å². The minimum Gasteiger partial charge on any atom is -0.490 e. The molecule has 2 aromatic rings. The summed E-state index contributed by atoms with van der Waals surface area (Å²) >= 11 is 9.41. The molecule has 2 rings (SSSR count). The molecule has 0 fully saturated rings. The molecule has 0 saturated carbocycles. The van der Waals surface area contributed by atoms with Gasteiger partial charge in [0.05, 0.1) is 7.11 Å². The van der Waals surface area contributed by atoms with Crippen molar-refractivity contribution in [3.63, 3.8) is 0 Å². The molecular weight excluding hydrogens is 318 g/mol. The summed E-state index contributed by atoms with van der Waals surface area (Å²) < 4.78 is 6.20. The minimum absolute atomic E-state index is 0.294. The number of aromatic nitrogens is 2. The number of halogens is 2. The standard InChI is InChI=1S/C12H11BrClN3O/c1-18-10-11(14)16-7-17-12(10)15-6-8-4-2-3-5-9(8)13/h2-5,7H,6H2,1H3,(H,15,16,17). The van der Waals surface area contributed by atoms with Crippen LogP contribution in [0.15, 0.2) is 35.1 Å². The highest BCUT2D eigenvalue weighted by molar-refractivity contribution is 9.10. The van der Waals surface area contributed by atoms with Crippen LogP contribution in [0.1, 0.15) is 5.56 Å². The number of benzene rings is 1. The van der Waals surface area contributed by atoms with Gasteiger partial charge in [-0.15, -0.1) is 0 Å². The molecule has 1 aromatic heterocycles. The molecule has 1 N–H and O–H groups in total. The van der Waals surface area contributed by atoms with Gasteiger partial charge in [0.1, 0.15) is 6.33 Å². The number of methoxy groups -OCH3 is 1. The van der Waals surface area contributed by atoms with Gasteiger partial charge in [-0.05, 0) is 11.6 Å². The Kier molecular flexibility index (Phi) is 4.38. The molecule has 0 amide bonds. The maximum absolute atomic E-state index is 5.92. The Labute approximate surface area is 118 Å². The van der Waals surface area contributed by atoms with E-state index in [1.165, 1.54) is 13.4 Å². The Morgan fingerprint density at radius 1 is 1.33 bits per heavy atom. The van der Waals surface area contributed by atoms with Crippen LogP contribution in [-0.2, 0) is 6.54 Å². The molecule has 0 saturated heterocycles. The van der Waals surface area contributed by atoms with Crippen molar-refractivity contribution in [2.45, 2.75) is 6.54 Å². The van der Waals surface area contributed by atoms with E-state index in [1.807, 2.05) is 24.3 Å². The molecule has 0 aliphatic heterocycles. The summed E-state index contributed by atoms with van der Waals surface area (Å²) in [6.45, 7) is 0.616. The lowest BCUT2D eigenvalue weighted by atomic mass is 10.2. The topological polar surface area (TPSA) is 47.0 Å². The zero-order valence-electron chi connectivity index (χ0n) is 9.65. The van der Waals surface area contributed by atoms with Gasteiger partial charge in [-0.25, -0.2) is 9.97 Å². The summed E-state index contributed by atoms with van der Waals surface area (Å²) in [6.07, 6.45) is 1.40. The summed E-state index contributed by atoms with van der Waals surface area (Å²) in [5, 5.41) is 3.47. The predicted molar refractivity (Wildman–Crippen MR) is 75.1 cm³/mol. The molecule has 0 spiro atoms. The second-order valence-corrected chi connectivity index (χ2v) is 4.70. The number of hydrogen-bond acceptors (Lipinski definition) is 4. The zero-order chi connectivity index (χ0) is 13.0. The first-order chi connectivity index (χ1) is 8.72. The van der Waals surface area contributed by atoms with Crippen LogP contribution in [0.2, 0.25) is 5.15 Å². The minimum atomic E-state index is 0.294. The Balaban J connectivity index is 2.16. The first-order valence-corrected chi connectivity index (χ1v) is 6.41. The van der Waals surface area contributed by atoms with Gasteiger partial charge < -0.3 is 10.1 Å². The van der Waals surface area contributed by atoms with Gasteiger partial charge in [0, 0.05) is 11.0 Å². The van der Waals surface area contributed by atoms with Crippen molar-refractivity contribution in [3.05, 3.63) is 45.8 Å². The summed E-state index contributed by atoms with van der Waals surface area (Å²) in [6, 6.07) is 7.95. The molecule has 94 valence electrons. The number of hydrogen-bond donors (Lipinski definition) is 1. The van der Waals surface area contributed by atoms with E-state index < -0.39 is 0 Å². The average Bonchev–Trinajstić information content (AvgIpc) is 2.38. The van der Waals surface area contributed by atoms with E-state index in [2.05, 4.69) is 31.2 Å². The highest BCUT2D eigenvalue weighted by atomic mass is 79.9. The third kappa shape index (κ3) is 2.91. The van der Waals surface area contributed by atoms with Crippen LogP contribution >= 0.6 is 27.5 Å². The van der Waals surface area contributed by atoms with Crippen molar-refractivity contribution >= 4 is 33.3 Å². The molecule has 6 heteroatoms. The lowest BCUT2D eigenvalue weighted by molar-refractivity contribution is 0.413. The molecular formula is C12H11BrClN3O. The quantitative estimate of drug-likeness (QED) is 0.873. The third-order valence-electron chi connectivity index (χ3n) is 2.37. The van der Waals surface area contributed by atoms with Gasteiger partial charge in [0.2, 0.25) is 0 Å². The first kappa shape index (κ1) is 13.1. The van der Waals surface area contributed by atoms with E-state index in [0.717, 1.165) is 10.0 Å². The van der Waals surface area contributed by atoms with E-state index in [0.29, 0.717) is 23.3 Å². The number of ether oxygens (including phenoxy) is 1. The number of nitrogens with zero attached hydrogens (tertiary/aromatic N) is 2. The lowest BCUT2D eigenvalue weighted by Crippen LogP contribution is -2.04. The van der Waals surface area contributed by atoms with Crippen LogP contribution in [0.4, 0.5) is 5.82 Å². The summed E-state index contributed by atoms with van der Waals surface area (Å²) in [5.41, 5.74) is 1.12. The van der Waals surface area contributed by atoms with Gasteiger partial charge >= 0.3 is 0 Å². The lowest BCUT2D eigenvalue weighted by Gasteiger charge is -2.11. The second-order valence-electron chi connectivity index (χ2n) is 3.49. The second kappa shape index (κ2) is 6.02. The molecule has 0 unspecified atom stereocenters. The monoisotopic (exact) mass is 327 g/mol. The molecule has 0 aliphatic carbocycles. The van der Waals surface area contributed by atoms with Crippen LogP contribution in [0, 0.1) is 0 Å². The number of rotatable bonds is 4. The molecule has 1 heterocycles. The Hall–Kier alpha value is -1.33. The Bertz CT molecular complexity index is 551. The van der Waals surface area contributed by atoms with Gasteiger partial charge in [0.25, 0.3) is 0 Å². The largest absolute Gasteiger partial charge is 0.490 e. The number of nitrogens with one attached hydrogen (secondary N) is 1. The maximum atomic E-state index is 5.92. The van der Waals surface area contributed by atoms with Crippen LogP contribution in [0.25, 0.3) is 0 Å². The van der Waals surface area contributed by atoms with Crippen LogP contribution in [-0.4, -0.2) is 17.1 Å². The molecule has 0 bridgehead atoms. The molecule has 0 atom stereocenters. The normalized spacial score (nSPS) is 10.2. The van der Waals surface area contributed by atoms with Crippen molar-refractivity contribution in [2.75, 3.05) is 12.4 Å². The fourth-order valence-corrected chi connectivity index (χ4v) is 2.12. The highest BCUT2D eigenvalue weighted by Gasteiger charge is 2.10. The van der Waals surface area contributed by atoms with Crippen molar-refractivity contribution < 1.29 is 4.74 Å². The molecule has 4 nitrogen and oxygen atoms in total. The van der Waals surface area contributed by atoms with Crippen LogP contribution < -0.4 is 10.1 Å². The summed E-state index contributed by atoms with van der Waals surface area (Å²) in [4.78, 5) is 7.97. The Morgan fingerprint density at radius 3 is 2.83 bits per heavy atom. The Morgan fingerprint density at radius 2 is 2.11 bits per heavy atom. The van der Waals surface area contributed by atoms with Crippen molar-refractivity contribution in [1.82, 2.24) is 9.97 Å². The van der Waals surface area contributed by atoms with Crippen LogP contribution in [0.5, 0.6) is 5.75 Å². The first-order valence-electron chi connectivity index (χ1n) is 5.24. The third-order valence-corrected chi connectivity index (χ3v) is 3.41. The van der Waals surface area contributed by atoms with Gasteiger partial charge in [-0.3, -0.25) is 0 Å². The van der Waals surface area contributed by atoms with E-state index in [-0.39, 0.29) is 0 Å². The van der Waals surface area contributed by atoms with Gasteiger partial charge in [-0.2, -0.15) is 0 Å². The summed E-state index contributed by atoms with van der Waals surface area (Å²) in [5.74, 6) is 1.03. The molecule has 0 aliphatic rings. The maximum Gasteiger partial charge on any atom is 0.198 e.